The van der Waals surface area contributed by atoms with Gasteiger partial charge in [-0.1, -0.05) is 0 Å². The Balaban J connectivity index is 3.07. The van der Waals surface area contributed by atoms with E-state index in [9.17, 15) is 3.74 Å². The van der Waals surface area contributed by atoms with Crippen LogP contribution in [0, 0.1) is 0 Å². The van der Waals surface area contributed by atoms with Gasteiger partial charge in [-0.2, -0.15) is 0 Å². The molecule has 0 saturated carbocycles. The van der Waals surface area contributed by atoms with Gasteiger partial charge < -0.3 is 0 Å². The van der Waals surface area contributed by atoms with Crippen LogP contribution in [-0.4, -0.2) is 13.5 Å². The van der Waals surface area contributed by atoms with Crippen LogP contribution in [0.5, 0.6) is 0 Å². The summed E-state index contributed by atoms with van der Waals surface area (Å²) >= 11 is 0.658. The van der Waals surface area contributed by atoms with Crippen LogP contribution in [0.2, 0.25) is 10.4 Å². The van der Waals surface area contributed by atoms with Gasteiger partial charge in [-0.3, -0.25) is 0 Å². The van der Waals surface area contributed by atoms with Crippen molar-refractivity contribution in [2.75, 3.05) is 0 Å². The summed E-state index contributed by atoms with van der Waals surface area (Å²) < 4.78 is 14.4. The molecular weight excluding hydrogens is 291 g/mol. The molecule has 1 aromatic carbocycles. The third-order valence-corrected chi connectivity index (χ3v) is 9.73. The zero-order valence-corrected chi connectivity index (χ0v) is 11.4. The van der Waals surface area contributed by atoms with Gasteiger partial charge >= 0.3 is 90.5 Å². The predicted molar refractivity (Wildman–Crippen MR) is 61.2 cm³/mol. The van der Waals surface area contributed by atoms with E-state index in [1.165, 1.54) is 0 Å². The summed E-state index contributed by atoms with van der Waals surface area (Å²) in [5, 5.41) is 1.63. The molecular formula is C10H14AsBrO. The predicted octanol–water partition coefficient (Wildman–Crippen LogP) is 3.07. The van der Waals surface area contributed by atoms with Gasteiger partial charge in [0.05, 0.1) is 0 Å². The van der Waals surface area contributed by atoms with Gasteiger partial charge in [0.25, 0.3) is 0 Å². The molecule has 0 saturated heterocycles. The van der Waals surface area contributed by atoms with E-state index in [1.807, 2.05) is 38.1 Å². The first kappa shape index (κ1) is 11.1. The van der Waals surface area contributed by atoms with Crippen molar-refractivity contribution in [2.45, 2.75) is 24.3 Å². The maximum atomic E-state index is 12.3. The average Bonchev–Trinajstić information content (AvgIpc) is 2.18. The summed E-state index contributed by atoms with van der Waals surface area (Å²) in [5.41, 5.74) is 0. The van der Waals surface area contributed by atoms with Crippen LogP contribution in [0.4, 0.5) is 0 Å². The molecule has 0 atom stereocenters. The second-order valence-corrected chi connectivity index (χ2v) is 11.4. The summed E-state index contributed by atoms with van der Waals surface area (Å²) in [6.45, 7) is 4.04. The first-order valence-electron chi connectivity index (χ1n) is 4.46. The van der Waals surface area contributed by atoms with Crippen LogP contribution in [0.3, 0.4) is 0 Å². The number of hydrogen-bond donors (Lipinski definition) is 0. The van der Waals surface area contributed by atoms with Crippen molar-refractivity contribution < 1.29 is 3.74 Å². The Labute approximate surface area is 90.3 Å². The molecule has 0 aliphatic carbocycles. The topological polar surface area (TPSA) is 17.1 Å². The summed E-state index contributed by atoms with van der Waals surface area (Å²) in [7, 11) is 0. The molecule has 0 amide bonds. The van der Waals surface area contributed by atoms with Crippen LogP contribution in [0.25, 0.3) is 0 Å². The molecule has 0 heterocycles. The zero-order chi connectivity index (χ0) is 9.90. The molecule has 0 N–H and O–H groups in total. The van der Waals surface area contributed by atoms with E-state index < -0.39 is 13.5 Å². The van der Waals surface area contributed by atoms with E-state index in [4.69, 9.17) is 0 Å². The molecule has 72 valence electrons. The van der Waals surface area contributed by atoms with E-state index in [1.54, 1.807) is 0 Å². The van der Waals surface area contributed by atoms with Gasteiger partial charge in [0.15, 0.2) is 0 Å². The molecule has 3 heteroatoms. The number of rotatable bonds is 3. The van der Waals surface area contributed by atoms with Crippen molar-refractivity contribution >= 4 is 33.8 Å². The van der Waals surface area contributed by atoms with Crippen LogP contribution >= 0.6 is 15.9 Å². The Bertz CT molecular complexity index is 310. The Morgan fingerprint density at radius 2 is 1.62 bits per heavy atom. The molecule has 0 radical (unpaired) electrons. The zero-order valence-electron chi connectivity index (χ0n) is 7.96. The summed E-state index contributed by atoms with van der Waals surface area (Å²) in [6.07, 6.45) is 0. The van der Waals surface area contributed by atoms with E-state index in [2.05, 4.69) is 15.9 Å². The van der Waals surface area contributed by atoms with Crippen molar-refractivity contribution in [3.63, 3.8) is 0 Å². The Hall–Kier alpha value is 0.0584. The monoisotopic (exact) mass is 304 g/mol. The van der Waals surface area contributed by atoms with Gasteiger partial charge in [-0.15, -0.1) is 0 Å². The molecule has 0 unspecified atom stereocenters. The van der Waals surface area contributed by atoms with E-state index in [0.717, 1.165) is 19.2 Å². The molecule has 0 bridgehead atoms. The van der Waals surface area contributed by atoms with Gasteiger partial charge in [0, 0.05) is 0 Å². The van der Waals surface area contributed by atoms with E-state index >= 15 is 0 Å². The second-order valence-electron chi connectivity index (χ2n) is 3.00. The molecule has 0 fully saturated rings. The third-order valence-electron chi connectivity index (χ3n) is 2.32. The molecule has 1 nitrogen and oxygen atoms in total. The molecule has 1 aromatic rings. The van der Waals surface area contributed by atoms with Crippen molar-refractivity contribution in [1.82, 2.24) is 0 Å². The van der Waals surface area contributed by atoms with Crippen molar-refractivity contribution in [3.05, 3.63) is 28.7 Å². The van der Waals surface area contributed by atoms with Crippen molar-refractivity contribution in [1.29, 1.82) is 0 Å². The van der Waals surface area contributed by atoms with Gasteiger partial charge in [0.2, 0.25) is 0 Å². The molecule has 1 rings (SSSR count). The standard InChI is InChI=1S/C10H14AsBrO/c1-3-11(13,4-2)9-5-7-10(12)8-6-9/h5-8H,3-4H2,1-2H3. The Morgan fingerprint density at radius 1 is 1.15 bits per heavy atom. The van der Waals surface area contributed by atoms with Gasteiger partial charge in [0.1, 0.15) is 0 Å². The van der Waals surface area contributed by atoms with Crippen LogP contribution in [0.15, 0.2) is 28.7 Å². The van der Waals surface area contributed by atoms with Crippen LogP contribution < -0.4 is 4.35 Å². The summed E-state index contributed by atoms with van der Waals surface area (Å²) in [5.74, 6) is 0. The average molecular weight is 305 g/mol. The van der Waals surface area contributed by atoms with Gasteiger partial charge in [-0.25, -0.2) is 0 Å². The SMILES string of the molecule is CC[As](=O)(CC)c1ccc(Br)cc1. The molecule has 0 aromatic heterocycles. The van der Waals surface area contributed by atoms with E-state index in [0.29, 0.717) is 0 Å². The number of benzene rings is 1. The fourth-order valence-electron chi connectivity index (χ4n) is 1.30. The normalized spacial score (nSPS) is 11.6. The van der Waals surface area contributed by atoms with Crippen molar-refractivity contribution in [3.8, 4) is 0 Å². The van der Waals surface area contributed by atoms with E-state index in [-0.39, 0.29) is 0 Å². The van der Waals surface area contributed by atoms with Crippen molar-refractivity contribution in [2.24, 2.45) is 0 Å². The minimum atomic E-state index is -2.72. The Kier molecular flexibility index (Phi) is 3.87. The number of halogens is 1. The first-order chi connectivity index (χ1) is 6.12. The molecule has 0 aliphatic heterocycles. The number of hydrogen-bond acceptors (Lipinski definition) is 1. The van der Waals surface area contributed by atoms with Crippen LogP contribution in [-0.2, 0) is 3.74 Å². The van der Waals surface area contributed by atoms with Gasteiger partial charge in [-0.05, 0) is 0 Å². The first-order valence-corrected chi connectivity index (χ1v) is 9.61. The van der Waals surface area contributed by atoms with Crippen LogP contribution in [0.1, 0.15) is 13.8 Å². The molecule has 13 heavy (non-hydrogen) atoms. The maximum absolute atomic E-state index is 12.3. The third kappa shape index (κ3) is 2.51. The fourth-order valence-corrected chi connectivity index (χ4v) is 5.49. The quantitative estimate of drug-likeness (QED) is 0.784. The Morgan fingerprint density at radius 3 is 2.00 bits per heavy atom. The minimum absolute atomic E-state index is 0.816. The second kappa shape index (κ2) is 4.52. The fraction of sp³-hybridized carbons (Fsp3) is 0.400. The molecule has 0 aliphatic rings. The molecule has 0 spiro atoms. The summed E-state index contributed by atoms with van der Waals surface area (Å²) in [4.78, 5) is 0. The summed E-state index contributed by atoms with van der Waals surface area (Å²) in [6, 6.07) is 7.90.